The molecule has 0 spiro atoms. The molecule has 0 fully saturated rings. The van der Waals surface area contributed by atoms with E-state index in [2.05, 4.69) is 5.32 Å². The summed E-state index contributed by atoms with van der Waals surface area (Å²) in [4.78, 5) is 13.4. The normalized spacial score (nSPS) is 12.5. The van der Waals surface area contributed by atoms with Crippen LogP contribution in [0.25, 0.3) is 0 Å². The summed E-state index contributed by atoms with van der Waals surface area (Å²) in [5.74, 6) is 0.694. The fraction of sp³-hybridized carbons (Fsp3) is 0.562. The zero-order valence-corrected chi connectivity index (χ0v) is 13.3. The Balaban J connectivity index is 2.27. The first-order valence-corrected chi connectivity index (χ1v) is 7.22. The van der Waals surface area contributed by atoms with Crippen LogP contribution < -0.4 is 10.1 Å². The average Bonchev–Trinajstić information content (AvgIpc) is 2.36. The number of nitrogens with one attached hydrogen (secondary N) is 1. The first kappa shape index (κ1) is 17.5. The summed E-state index contributed by atoms with van der Waals surface area (Å²) < 4.78 is 5.52. The molecule has 0 bridgehead atoms. The Kier molecular flexibility index (Phi) is 7.19. The zero-order valence-electron chi connectivity index (χ0n) is 13.3. The molecule has 5 nitrogen and oxygen atoms in total. The summed E-state index contributed by atoms with van der Waals surface area (Å²) in [6.45, 7) is 6.70. The van der Waals surface area contributed by atoms with Crippen molar-refractivity contribution in [2.24, 2.45) is 0 Å². The van der Waals surface area contributed by atoms with E-state index in [0.29, 0.717) is 6.54 Å². The van der Waals surface area contributed by atoms with Crippen LogP contribution in [-0.4, -0.2) is 54.8 Å². The van der Waals surface area contributed by atoms with Gasteiger partial charge in [0.25, 0.3) is 0 Å². The lowest BCUT2D eigenvalue weighted by Gasteiger charge is -2.21. The zero-order chi connectivity index (χ0) is 15.8. The van der Waals surface area contributed by atoms with E-state index in [9.17, 15) is 9.90 Å². The smallest absolute Gasteiger partial charge is 0.234 e. The Morgan fingerprint density at radius 3 is 2.52 bits per heavy atom. The van der Waals surface area contributed by atoms with Gasteiger partial charge in [-0.25, -0.2) is 0 Å². The van der Waals surface area contributed by atoms with E-state index in [4.69, 9.17) is 4.74 Å². The summed E-state index contributed by atoms with van der Waals surface area (Å²) in [5.41, 5.74) is 1.17. The van der Waals surface area contributed by atoms with Crippen LogP contribution in [0.15, 0.2) is 24.3 Å². The predicted molar refractivity (Wildman–Crippen MR) is 83.5 cm³/mol. The molecule has 0 aliphatic heterocycles. The quantitative estimate of drug-likeness (QED) is 0.756. The van der Waals surface area contributed by atoms with Crippen LogP contribution in [0.4, 0.5) is 0 Å². The lowest BCUT2D eigenvalue weighted by Crippen LogP contribution is -2.42. The van der Waals surface area contributed by atoms with Crippen molar-refractivity contribution in [3.63, 3.8) is 0 Å². The Hall–Kier alpha value is -1.59. The highest BCUT2D eigenvalue weighted by atomic mass is 16.5. The van der Waals surface area contributed by atoms with E-state index in [0.717, 1.165) is 5.75 Å². The van der Waals surface area contributed by atoms with Crippen LogP contribution in [0.1, 0.15) is 19.4 Å². The van der Waals surface area contributed by atoms with Gasteiger partial charge in [-0.1, -0.05) is 17.7 Å². The van der Waals surface area contributed by atoms with Gasteiger partial charge in [-0.3, -0.25) is 9.69 Å². The summed E-state index contributed by atoms with van der Waals surface area (Å²) in [6.07, 6.45) is -0.636. The molecule has 118 valence electrons. The fourth-order valence-corrected chi connectivity index (χ4v) is 1.92. The summed E-state index contributed by atoms with van der Waals surface area (Å²) in [7, 11) is 1.80. The van der Waals surface area contributed by atoms with Crippen LogP contribution in [0.5, 0.6) is 5.75 Å². The number of hydrogen-bond acceptors (Lipinski definition) is 4. The van der Waals surface area contributed by atoms with Crippen molar-refractivity contribution >= 4 is 5.91 Å². The third kappa shape index (κ3) is 7.68. The summed E-state index contributed by atoms with van der Waals surface area (Å²) >= 11 is 0. The average molecular weight is 294 g/mol. The third-order valence-corrected chi connectivity index (χ3v) is 2.85. The minimum Gasteiger partial charge on any atom is -0.491 e. The van der Waals surface area contributed by atoms with Crippen molar-refractivity contribution in [2.45, 2.75) is 32.9 Å². The number of hydrogen-bond donors (Lipinski definition) is 2. The molecule has 1 aromatic rings. The molecular formula is C16H26N2O3. The number of ether oxygens (including phenoxy) is 1. The molecule has 0 unspecified atom stereocenters. The highest BCUT2D eigenvalue weighted by Crippen LogP contribution is 2.11. The van der Waals surface area contributed by atoms with Crippen LogP contribution in [0.2, 0.25) is 0 Å². The molecule has 0 radical (unpaired) electrons. The number of aliphatic hydroxyl groups excluding tert-OH is 1. The maximum absolute atomic E-state index is 11.6. The second-order valence-electron chi connectivity index (χ2n) is 5.70. The van der Waals surface area contributed by atoms with Gasteiger partial charge < -0.3 is 15.2 Å². The van der Waals surface area contributed by atoms with Gasteiger partial charge in [0, 0.05) is 12.6 Å². The van der Waals surface area contributed by atoms with Crippen LogP contribution in [0, 0.1) is 6.92 Å². The molecule has 1 amide bonds. The Morgan fingerprint density at radius 1 is 1.33 bits per heavy atom. The first-order valence-electron chi connectivity index (χ1n) is 7.22. The number of aryl methyl sites for hydroxylation is 1. The Morgan fingerprint density at radius 2 is 1.95 bits per heavy atom. The standard InChI is InChI=1S/C16H26N2O3/c1-12(2)17-16(20)10-18(4)9-14(19)11-21-15-7-5-13(3)6-8-15/h5-8,12,14,19H,9-11H2,1-4H3,(H,17,20)/t14-/m0/s1. The van der Waals surface area contributed by atoms with E-state index in [1.54, 1.807) is 11.9 Å². The summed E-state index contributed by atoms with van der Waals surface area (Å²) in [6, 6.07) is 7.80. The van der Waals surface area contributed by atoms with E-state index in [1.807, 2.05) is 45.0 Å². The monoisotopic (exact) mass is 294 g/mol. The lowest BCUT2D eigenvalue weighted by molar-refractivity contribution is -0.122. The highest BCUT2D eigenvalue weighted by molar-refractivity contribution is 5.78. The van der Waals surface area contributed by atoms with Gasteiger partial charge >= 0.3 is 0 Å². The third-order valence-electron chi connectivity index (χ3n) is 2.85. The topological polar surface area (TPSA) is 61.8 Å². The second-order valence-corrected chi connectivity index (χ2v) is 5.70. The first-order chi connectivity index (χ1) is 9.86. The Bertz CT molecular complexity index is 432. The SMILES string of the molecule is Cc1ccc(OC[C@@H](O)CN(C)CC(=O)NC(C)C)cc1. The van der Waals surface area contributed by atoms with E-state index < -0.39 is 6.10 Å². The Labute approximate surface area is 126 Å². The molecule has 0 aromatic heterocycles. The number of amides is 1. The molecule has 0 saturated carbocycles. The predicted octanol–water partition coefficient (Wildman–Crippen LogP) is 1.19. The number of aliphatic hydroxyl groups is 1. The van der Waals surface area contributed by atoms with Gasteiger partial charge in [-0.2, -0.15) is 0 Å². The number of benzene rings is 1. The minimum atomic E-state index is -0.636. The molecule has 0 saturated heterocycles. The maximum atomic E-state index is 11.6. The second kappa shape index (κ2) is 8.64. The lowest BCUT2D eigenvalue weighted by atomic mass is 10.2. The maximum Gasteiger partial charge on any atom is 0.234 e. The molecule has 21 heavy (non-hydrogen) atoms. The molecule has 1 rings (SSSR count). The van der Waals surface area contributed by atoms with E-state index in [-0.39, 0.29) is 25.1 Å². The van der Waals surface area contributed by atoms with Crippen molar-refractivity contribution in [1.82, 2.24) is 10.2 Å². The largest absolute Gasteiger partial charge is 0.491 e. The molecule has 1 atom stereocenters. The molecule has 1 aromatic carbocycles. The molecule has 2 N–H and O–H groups in total. The fourth-order valence-electron chi connectivity index (χ4n) is 1.92. The molecule has 0 aliphatic carbocycles. The van der Waals surface area contributed by atoms with Gasteiger partial charge in [-0.15, -0.1) is 0 Å². The molecule has 0 heterocycles. The molecular weight excluding hydrogens is 268 g/mol. The number of carbonyl (C=O) groups excluding carboxylic acids is 1. The van der Waals surface area contributed by atoms with Crippen LogP contribution >= 0.6 is 0 Å². The van der Waals surface area contributed by atoms with Crippen molar-refractivity contribution in [3.8, 4) is 5.75 Å². The summed E-state index contributed by atoms with van der Waals surface area (Å²) in [5, 5.41) is 12.7. The van der Waals surface area contributed by atoms with Crippen molar-refractivity contribution < 1.29 is 14.6 Å². The van der Waals surface area contributed by atoms with Crippen molar-refractivity contribution in [2.75, 3.05) is 26.7 Å². The van der Waals surface area contributed by atoms with Gasteiger partial charge in [0.1, 0.15) is 18.5 Å². The highest BCUT2D eigenvalue weighted by Gasteiger charge is 2.12. The van der Waals surface area contributed by atoms with E-state index in [1.165, 1.54) is 5.56 Å². The van der Waals surface area contributed by atoms with Crippen molar-refractivity contribution in [1.29, 1.82) is 0 Å². The van der Waals surface area contributed by atoms with Crippen LogP contribution in [0.3, 0.4) is 0 Å². The number of nitrogens with zero attached hydrogens (tertiary/aromatic N) is 1. The number of carbonyl (C=O) groups is 1. The van der Waals surface area contributed by atoms with E-state index >= 15 is 0 Å². The number of rotatable bonds is 8. The minimum absolute atomic E-state index is 0.0425. The van der Waals surface area contributed by atoms with Gasteiger partial charge in [-0.05, 0) is 40.0 Å². The van der Waals surface area contributed by atoms with Gasteiger partial charge in [0.05, 0.1) is 6.54 Å². The molecule has 0 aliphatic rings. The molecule has 5 heteroatoms. The number of likely N-dealkylation sites (N-methyl/N-ethyl adjacent to an activating group) is 1. The van der Waals surface area contributed by atoms with Crippen LogP contribution in [-0.2, 0) is 4.79 Å². The van der Waals surface area contributed by atoms with Crippen molar-refractivity contribution in [3.05, 3.63) is 29.8 Å². The van der Waals surface area contributed by atoms with Gasteiger partial charge in [0.2, 0.25) is 5.91 Å². The van der Waals surface area contributed by atoms with Gasteiger partial charge in [0.15, 0.2) is 0 Å².